The van der Waals surface area contributed by atoms with Crippen molar-refractivity contribution in [2.45, 2.75) is 6.92 Å². The maximum Gasteiger partial charge on any atom is 0.295 e. The van der Waals surface area contributed by atoms with Gasteiger partial charge in [0.05, 0.1) is 4.47 Å². The minimum absolute atomic E-state index is 0.574. The van der Waals surface area contributed by atoms with Crippen LogP contribution in [0.3, 0.4) is 0 Å². The summed E-state index contributed by atoms with van der Waals surface area (Å²) >= 11 is 3.40. The van der Waals surface area contributed by atoms with E-state index in [1.54, 1.807) is 0 Å². The van der Waals surface area contributed by atoms with Gasteiger partial charge in [0.25, 0.3) is 6.01 Å². The molecule has 0 bridgehead atoms. The molecule has 2 aromatic rings. The molecule has 1 aromatic carbocycles. The molecule has 0 spiro atoms. The maximum atomic E-state index is 5.47. The number of nitrogens with one attached hydrogen (secondary N) is 1. The second-order valence-corrected chi connectivity index (χ2v) is 3.49. The van der Waals surface area contributed by atoms with Gasteiger partial charge in [-0.15, -0.1) is 0 Å². The van der Waals surface area contributed by atoms with E-state index < -0.39 is 0 Å². The highest BCUT2D eigenvalue weighted by Crippen LogP contribution is 2.26. The Balaban J connectivity index is 2.55. The maximum absolute atomic E-state index is 5.47. The summed E-state index contributed by atoms with van der Waals surface area (Å²) in [7, 11) is 0. The summed E-state index contributed by atoms with van der Waals surface area (Å²) in [5, 5.41) is 3.03. The van der Waals surface area contributed by atoms with Gasteiger partial charge in [-0.25, -0.2) is 0 Å². The molecule has 0 radical (unpaired) electrons. The Kier molecular flexibility index (Phi) is 2.22. The van der Waals surface area contributed by atoms with E-state index in [9.17, 15) is 0 Å². The highest BCUT2D eigenvalue weighted by molar-refractivity contribution is 9.10. The first-order valence-corrected chi connectivity index (χ1v) is 4.89. The van der Waals surface area contributed by atoms with Crippen LogP contribution in [-0.4, -0.2) is 11.5 Å². The minimum atomic E-state index is 0.574. The van der Waals surface area contributed by atoms with Gasteiger partial charge in [0.15, 0.2) is 5.58 Å². The highest BCUT2D eigenvalue weighted by atomic mass is 79.9. The third-order valence-corrected chi connectivity index (χ3v) is 2.32. The normalized spacial score (nSPS) is 10.6. The molecule has 1 heterocycles. The van der Waals surface area contributed by atoms with Crippen LogP contribution in [0.5, 0.6) is 0 Å². The molecule has 0 unspecified atom stereocenters. The summed E-state index contributed by atoms with van der Waals surface area (Å²) in [5.74, 6) is 0. The summed E-state index contributed by atoms with van der Waals surface area (Å²) in [6.45, 7) is 2.81. The Morgan fingerprint density at radius 1 is 1.54 bits per heavy atom. The zero-order chi connectivity index (χ0) is 9.26. The molecule has 0 aliphatic carbocycles. The van der Waals surface area contributed by atoms with Gasteiger partial charge in [0.2, 0.25) is 0 Å². The quantitative estimate of drug-likeness (QED) is 0.878. The first kappa shape index (κ1) is 8.56. The molecular weight excluding hydrogens is 232 g/mol. The Hall–Kier alpha value is -1.03. The Morgan fingerprint density at radius 2 is 2.38 bits per heavy atom. The number of aromatic nitrogens is 1. The fourth-order valence-electron chi connectivity index (χ4n) is 1.14. The molecule has 0 aliphatic rings. The summed E-state index contributed by atoms with van der Waals surface area (Å²) in [6, 6.07) is 6.36. The van der Waals surface area contributed by atoms with Crippen molar-refractivity contribution in [1.29, 1.82) is 0 Å². The molecule has 0 amide bonds. The lowest BCUT2D eigenvalue weighted by atomic mass is 10.3. The number of para-hydroxylation sites is 1. The number of oxazole rings is 1. The molecule has 3 nitrogen and oxygen atoms in total. The Labute approximate surface area is 84.3 Å². The average molecular weight is 241 g/mol. The zero-order valence-electron chi connectivity index (χ0n) is 7.17. The molecule has 0 aliphatic heterocycles. The topological polar surface area (TPSA) is 38.1 Å². The number of anilines is 1. The van der Waals surface area contributed by atoms with Gasteiger partial charge in [0.1, 0.15) is 5.52 Å². The van der Waals surface area contributed by atoms with E-state index in [4.69, 9.17) is 4.42 Å². The van der Waals surface area contributed by atoms with E-state index in [2.05, 4.69) is 26.2 Å². The predicted octanol–water partition coefficient (Wildman–Crippen LogP) is 3.02. The van der Waals surface area contributed by atoms with Crippen molar-refractivity contribution in [1.82, 2.24) is 4.98 Å². The SMILES string of the molecule is CCNc1nc2cccc(Br)c2o1. The second-order valence-electron chi connectivity index (χ2n) is 2.64. The van der Waals surface area contributed by atoms with Crippen LogP contribution in [0.15, 0.2) is 27.1 Å². The van der Waals surface area contributed by atoms with E-state index in [1.165, 1.54) is 0 Å². The fourth-order valence-corrected chi connectivity index (χ4v) is 1.58. The molecule has 0 fully saturated rings. The molecule has 0 saturated heterocycles. The van der Waals surface area contributed by atoms with Crippen LogP contribution in [0.1, 0.15) is 6.92 Å². The first-order chi connectivity index (χ1) is 6.31. The third-order valence-electron chi connectivity index (χ3n) is 1.69. The van der Waals surface area contributed by atoms with Crippen molar-refractivity contribution in [3.8, 4) is 0 Å². The Bertz CT molecular complexity index is 424. The van der Waals surface area contributed by atoms with Gasteiger partial charge in [-0.2, -0.15) is 4.98 Å². The summed E-state index contributed by atoms with van der Waals surface area (Å²) in [5.41, 5.74) is 1.66. The van der Waals surface area contributed by atoms with E-state index in [1.807, 2.05) is 25.1 Å². The van der Waals surface area contributed by atoms with Crippen LogP contribution in [0.25, 0.3) is 11.1 Å². The van der Waals surface area contributed by atoms with E-state index in [0.29, 0.717) is 6.01 Å². The van der Waals surface area contributed by atoms with Crippen molar-refractivity contribution in [3.63, 3.8) is 0 Å². The molecule has 0 saturated carbocycles. The van der Waals surface area contributed by atoms with Gasteiger partial charge in [-0.1, -0.05) is 6.07 Å². The molecule has 68 valence electrons. The van der Waals surface area contributed by atoms with Crippen LogP contribution in [-0.2, 0) is 0 Å². The van der Waals surface area contributed by atoms with Gasteiger partial charge in [-0.3, -0.25) is 0 Å². The number of hydrogen-bond acceptors (Lipinski definition) is 3. The number of rotatable bonds is 2. The van der Waals surface area contributed by atoms with Gasteiger partial charge in [-0.05, 0) is 35.0 Å². The van der Waals surface area contributed by atoms with Crippen LogP contribution >= 0.6 is 15.9 Å². The number of nitrogens with zero attached hydrogens (tertiary/aromatic N) is 1. The van der Waals surface area contributed by atoms with Crippen molar-refractivity contribution in [2.75, 3.05) is 11.9 Å². The van der Waals surface area contributed by atoms with Crippen molar-refractivity contribution in [2.24, 2.45) is 0 Å². The zero-order valence-corrected chi connectivity index (χ0v) is 8.76. The van der Waals surface area contributed by atoms with Crippen LogP contribution in [0, 0.1) is 0 Å². The van der Waals surface area contributed by atoms with Crippen molar-refractivity contribution in [3.05, 3.63) is 22.7 Å². The molecule has 0 atom stereocenters. The number of benzene rings is 1. The van der Waals surface area contributed by atoms with E-state index in [0.717, 1.165) is 22.1 Å². The first-order valence-electron chi connectivity index (χ1n) is 4.10. The second kappa shape index (κ2) is 3.38. The van der Waals surface area contributed by atoms with Crippen LogP contribution in [0.2, 0.25) is 0 Å². The largest absolute Gasteiger partial charge is 0.422 e. The highest BCUT2D eigenvalue weighted by Gasteiger charge is 2.06. The molecule has 4 heteroatoms. The number of hydrogen-bond donors (Lipinski definition) is 1. The molecule has 1 N–H and O–H groups in total. The van der Waals surface area contributed by atoms with E-state index >= 15 is 0 Å². The molecule has 1 aromatic heterocycles. The third kappa shape index (κ3) is 1.54. The van der Waals surface area contributed by atoms with Gasteiger partial charge in [0, 0.05) is 6.54 Å². The van der Waals surface area contributed by atoms with Crippen LogP contribution < -0.4 is 5.32 Å². The average Bonchev–Trinajstić information content (AvgIpc) is 2.49. The summed E-state index contributed by atoms with van der Waals surface area (Å²) < 4.78 is 6.40. The molecular formula is C9H9BrN2O. The molecule has 2 rings (SSSR count). The smallest absolute Gasteiger partial charge is 0.295 e. The monoisotopic (exact) mass is 240 g/mol. The number of fused-ring (bicyclic) bond motifs is 1. The van der Waals surface area contributed by atoms with Crippen molar-refractivity contribution < 1.29 is 4.42 Å². The van der Waals surface area contributed by atoms with Crippen LogP contribution in [0.4, 0.5) is 6.01 Å². The summed E-state index contributed by atoms with van der Waals surface area (Å²) in [6.07, 6.45) is 0. The fraction of sp³-hybridized carbons (Fsp3) is 0.222. The lowest BCUT2D eigenvalue weighted by Crippen LogP contribution is -1.95. The van der Waals surface area contributed by atoms with Gasteiger partial charge >= 0.3 is 0 Å². The Morgan fingerprint density at radius 3 is 3.08 bits per heavy atom. The number of halogens is 1. The minimum Gasteiger partial charge on any atom is -0.422 e. The van der Waals surface area contributed by atoms with E-state index in [-0.39, 0.29) is 0 Å². The molecule has 13 heavy (non-hydrogen) atoms. The lowest BCUT2D eigenvalue weighted by molar-refractivity contribution is 0.615. The lowest BCUT2D eigenvalue weighted by Gasteiger charge is -1.91. The standard InChI is InChI=1S/C9H9BrN2O/c1-2-11-9-12-7-5-3-4-6(10)8(7)13-9/h3-5H,2H2,1H3,(H,11,12). The van der Waals surface area contributed by atoms with Gasteiger partial charge < -0.3 is 9.73 Å². The van der Waals surface area contributed by atoms with Crippen molar-refractivity contribution >= 4 is 33.0 Å². The predicted molar refractivity (Wildman–Crippen MR) is 55.9 cm³/mol. The summed E-state index contributed by atoms with van der Waals surface area (Å²) in [4.78, 5) is 4.26.